The van der Waals surface area contributed by atoms with Gasteiger partial charge in [0.25, 0.3) is 0 Å². The van der Waals surface area contributed by atoms with Gasteiger partial charge in [0.2, 0.25) is 0 Å². The molecule has 2 aromatic carbocycles. The number of para-hydroxylation sites is 1. The number of ether oxygens (including phenoxy) is 2. The van der Waals surface area contributed by atoms with E-state index in [1.54, 1.807) is 11.5 Å². The lowest BCUT2D eigenvalue weighted by Gasteiger charge is -2.39. The molecule has 0 amide bonds. The third kappa shape index (κ3) is 5.84. The number of rotatable bonds is 9. The summed E-state index contributed by atoms with van der Waals surface area (Å²) >= 11 is 6.16. The number of nitrogens with zero attached hydrogens (tertiary/aromatic N) is 2. The third-order valence-electron chi connectivity index (χ3n) is 6.92. The summed E-state index contributed by atoms with van der Waals surface area (Å²) < 4.78 is 53.2. The van der Waals surface area contributed by atoms with Gasteiger partial charge in [-0.05, 0) is 48.7 Å². The first kappa shape index (κ1) is 28.8. The molecule has 1 N–H and O–H groups in total. The smallest absolute Gasteiger partial charge is 0.194 e. The van der Waals surface area contributed by atoms with Gasteiger partial charge in [0.15, 0.2) is 20.5 Å². The molecule has 0 aliphatic carbocycles. The molecule has 206 valence electrons. The molecule has 0 spiro atoms. The van der Waals surface area contributed by atoms with Crippen LogP contribution in [0.4, 0.5) is 4.39 Å². The van der Waals surface area contributed by atoms with Crippen molar-refractivity contribution in [2.24, 2.45) is 5.92 Å². The number of sulfone groups is 1. The fraction of sp³-hybridized carbons (Fsp3) is 0.444. The first-order valence-electron chi connectivity index (χ1n) is 12.5. The summed E-state index contributed by atoms with van der Waals surface area (Å²) in [6.07, 6.45) is 1.49. The second-order valence-corrected chi connectivity index (χ2v) is 19.0. The molecule has 38 heavy (non-hydrogen) atoms. The Kier molecular flexibility index (Phi) is 8.12. The predicted octanol–water partition coefficient (Wildman–Crippen LogP) is 5.19. The van der Waals surface area contributed by atoms with E-state index in [9.17, 15) is 17.9 Å². The van der Waals surface area contributed by atoms with Crippen molar-refractivity contribution in [1.29, 1.82) is 0 Å². The summed E-state index contributed by atoms with van der Waals surface area (Å²) in [5.41, 5.74) is -0.356. The fourth-order valence-electron chi connectivity index (χ4n) is 4.72. The van der Waals surface area contributed by atoms with E-state index in [1.165, 1.54) is 18.2 Å². The number of imidazole rings is 1. The van der Waals surface area contributed by atoms with E-state index in [4.69, 9.17) is 21.1 Å². The predicted molar refractivity (Wildman–Crippen MR) is 148 cm³/mol. The Morgan fingerprint density at radius 2 is 1.97 bits per heavy atom. The Hall–Kier alpha value is -2.24. The lowest BCUT2D eigenvalue weighted by molar-refractivity contribution is -0.0275. The van der Waals surface area contributed by atoms with Gasteiger partial charge in [-0.2, -0.15) is 0 Å². The second-order valence-electron chi connectivity index (χ2n) is 11.1. The number of aliphatic hydroxyl groups is 1. The highest BCUT2D eigenvalue weighted by Crippen LogP contribution is 2.43. The van der Waals surface area contributed by atoms with Gasteiger partial charge in [-0.1, -0.05) is 55.5 Å². The summed E-state index contributed by atoms with van der Waals surface area (Å²) in [4.78, 5) is 4.50. The van der Waals surface area contributed by atoms with E-state index in [0.717, 1.165) is 17.9 Å². The number of aromatic nitrogens is 2. The quantitative estimate of drug-likeness (QED) is 0.277. The first-order chi connectivity index (χ1) is 17.7. The maximum absolute atomic E-state index is 14.2. The van der Waals surface area contributed by atoms with Crippen molar-refractivity contribution in [1.82, 2.24) is 9.55 Å². The zero-order valence-corrected chi connectivity index (χ0v) is 24.9. The Morgan fingerprint density at radius 3 is 2.63 bits per heavy atom. The monoisotopic (exact) mass is 580 g/mol. The maximum Gasteiger partial charge on any atom is 0.194 e. The number of hydrogen-bond acceptors (Lipinski definition) is 6. The van der Waals surface area contributed by atoms with Crippen LogP contribution in [0.3, 0.4) is 0 Å². The van der Waals surface area contributed by atoms with Gasteiger partial charge >= 0.3 is 0 Å². The van der Waals surface area contributed by atoms with E-state index >= 15 is 0 Å². The SMILES string of the molecule is Cc1c(S(C)(=O)=O)nc(C(O)(c2ccc(F)c(Cl)c2)C2COc3ccccc3C2)n1COCC[Si](C)(C)C. The molecule has 0 fully saturated rings. The lowest BCUT2D eigenvalue weighted by Crippen LogP contribution is -2.45. The summed E-state index contributed by atoms with van der Waals surface area (Å²) in [6, 6.07) is 12.4. The Balaban J connectivity index is 1.87. The van der Waals surface area contributed by atoms with Crippen molar-refractivity contribution in [3.8, 4) is 5.75 Å². The van der Waals surface area contributed by atoms with Gasteiger partial charge in [0.1, 0.15) is 24.1 Å². The van der Waals surface area contributed by atoms with Crippen LogP contribution >= 0.6 is 11.6 Å². The van der Waals surface area contributed by atoms with Crippen molar-refractivity contribution in [2.75, 3.05) is 19.5 Å². The molecule has 0 bridgehead atoms. The van der Waals surface area contributed by atoms with Crippen LogP contribution in [0.5, 0.6) is 5.75 Å². The van der Waals surface area contributed by atoms with Crippen molar-refractivity contribution >= 4 is 29.5 Å². The topological polar surface area (TPSA) is 90.7 Å². The van der Waals surface area contributed by atoms with Gasteiger partial charge in [-0.25, -0.2) is 17.8 Å². The van der Waals surface area contributed by atoms with Crippen LogP contribution in [-0.4, -0.2) is 50.6 Å². The molecule has 2 atom stereocenters. The molecule has 3 aromatic rings. The normalized spacial score (nSPS) is 17.5. The third-order valence-corrected chi connectivity index (χ3v) is 10.00. The zero-order valence-electron chi connectivity index (χ0n) is 22.3. The van der Waals surface area contributed by atoms with Gasteiger partial charge < -0.3 is 19.1 Å². The number of fused-ring (bicyclic) bond motifs is 1. The van der Waals surface area contributed by atoms with Gasteiger partial charge in [0, 0.05) is 26.9 Å². The van der Waals surface area contributed by atoms with E-state index in [2.05, 4.69) is 24.6 Å². The van der Waals surface area contributed by atoms with E-state index in [1.807, 2.05) is 24.3 Å². The van der Waals surface area contributed by atoms with Gasteiger partial charge in [0.05, 0.1) is 17.3 Å². The Labute approximate surface area is 229 Å². The van der Waals surface area contributed by atoms with Gasteiger partial charge in [-0.3, -0.25) is 0 Å². The largest absolute Gasteiger partial charge is 0.493 e. The minimum atomic E-state index is -3.73. The molecule has 0 saturated heterocycles. The minimum Gasteiger partial charge on any atom is -0.493 e. The summed E-state index contributed by atoms with van der Waals surface area (Å²) in [6.45, 7) is 8.97. The minimum absolute atomic E-state index is 0.00440. The van der Waals surface area contributed by atoms with Crippen LogP contribution in [0.1, 0.15) is 22.6 Å². The van der Waals surface area contributed by atoms with E-state index in [-0.39, 0.29) is 34.8 Å². The Bertz CT molecular complexity index is 1440. The molecule has 0 radical (unpaired) electrons. The molecular weight excluding hydrogens is 547 g/mol. The van der Waals surface area contributed by atoms with Crippen molar-refractivity contribution in [2.45, 2.75) is 56.4 Å². The summed E-state index contributed by atoms with van der Waals surface area (Å²) in [5, 5.41) is 12.3. The highest BCUT2D eigenvalue weighted by molar-refractivity contribution is 7.90. The van der Waals surface area contributed by atoms with E-state index in [0.29, 0.717) is 24.5 Å². The molecule has 2 unspecified atom stereocenters. The number of halogens is 2. The molecule has 2 heterocycles. The molecule has 1 aliphatic rings. The first-order valence-corrected chi connectivity index (χ1v) is 18.4. The van der Waals surface area contributed by atoms with Gasteiger partial charge in [-0.15, -0.1) is 0 Å². The van der Waals surface area contributed by atoms with E-state index < -0.39 is 35.2 Å². The molecule has 1 aliphatic heterocycles. The zero-order chi connectivity index (χ0) is 27.9. The summed E-state index contributed by atoms with van der Waals surface area (Å²) in [5.74, 6) is -0.420. The van der Waals surface area contributed by atoms with Crippen molar-refractivity contribution in [3.05, 3.63) is 75.9 Å². The number of hydrogen-bond donors (Lipinski definition) is 1. The van der Waals surface area contributed by atoms with Crippen LogP contribution in [0.2, 0.25) is 30.7 Å². The molecule has 7 nitrogen and oxygen atoms in total. The standard InChI is InChI=1S/C27H34ClFN2O5SSi/c1-18-25(37(2,33)34)30-26(31(18)17-35-12-13-38(3,4)5)27(32,20-10-11-23(29)22(28)15-20)21-14-19-8-6-7-9-24(19)36-16-21/h6-11,15,21,32H,12-14,16-17H2,1-5H3. The molecule has 4 rings (SSSR count). The van der Waals surface area contributed by atoms with Crippen LogP contribution < -0.4 is 4.74 Å². The summed E-state index contributed by atoms with van der Waals surface area (Å²) in [7, 11) is -5.11. The highest BCUT2D eigenvalue weighted by atomic mass is 35.5. The Morgan fingerprint density at radius 1 is 1.26 bits per heavy atom. The van der Waals surface area contributed by atoms with Crippen molar-refractivity contribution < 1.29 is 27.4 Å². The molecule has 11 heteroatoms. The van der Waals surface area contributed by atoms with Crippen LogP contribution in [0.25, 0.3) is 0 Å². The fourth-order valence-corrected chi connectivity index (χ4v) is 6.56. The van der Waals surface area contributed by atoms with Crippen LogP contribution in [0.15, 0.2) is 47.5 Å². The average molecular weight is 581 g/mol. The maximum atomic E-state index is 14.2. The number of benzene rings is 2. The highest BCUT2D eigenvalue weighted by Gasteiger charge is 2.47. The second kappa shape index (κ2) is 10.7. The van der Waals surface area contributed by atoms with Crippen molar-refractivity contribution in [3.63, 3.8) is 0 Å². The molecule has 0 saturated carbocycles. The molecule has 1 aromatic heterocycles. The molecular formula is C27H34ClFN2O5SSi. The lowest BCUT2D eigenvalue weighted by atomic mass is 9.76. The van der Waals surface area contributed by atoms with Crippen LogP contribution in [0, 0.1) is 18.7 Å². The van der Waals surface area contributed by atoms with Crippen LogP contribution in [-0.2, 0) is 33.3 Å². The average Bonchev–Trinajstić information content (AvgIpc) is 3.19.